The van der Waals surface area contributed by atoms with Gasteiger partial charge in [0.25, 0.3) is 0 Å². The summed E-state index contributed by atoms with van der Waals surface area (Å²) in [6, 6.07) is 14.6. The minimum Gasteiger partial charge on any atom is -0.489 e. The van der Waals surface area contributed by atoms with Crippen LogP contribution in [0.1, 0.15) is 52.4 Å². The number of carboxylic acid groups (broad SMARTS) is 1. The zero-order valence-corrected chi connectivity index (χ0v) is 21.9. The molecule has 3 rings (SSSR count). The van der Waals surface area contributed by atoms with Gasteiger partial charge < -0.3 is 19.8 Å². The average molecular weight is 505 g/mol. The molecule has 34 heavy (non-hydrogen) atoms. The Bertz CT molecular complexity index is 934. The van der Waals surface area contributed by atoms with Gasteiger partial charge in [0.1, 0.15) is 12.4 Å². The van der Waals surface area contributed by atoms with Crippen molar-refractivity contribution in [3.63, 3.8) is 0 Å². The van der Waals surface area contributed by atoms with E-state index in [0.29, 0.717) is 5.75 Å². The van der Waals surface area contributed by atoms with Crippen LogP contribution in [0.2, 0.25) is 0 Å². The molecule has 0 saturated carbocycles. The summed E-state index contributed by atoms with van der Waals surface area (Å²) in [4.78, 5) is 15.4. The van der Waals surface area contributed by atoms with Crippen LogP contribution in [0.3, 0.4) is 0 Å². The van der Waals surface area contributed by atoms with E-state index in [0.717, 1.165) is 66.2 Å². The van der Waals surface area contributed by atoms with Crippen molar-refractivity contribution in [3.05, 3.63) is 42.5 Å². The number of aliphatic hydroxyl groups excluding tert-OH is 1. The fourth-order valence-electron chi connectivity index (χ4n) is 4.17. The number of hydrogen-bond donors (Lipinski definition) is 3. The lowest BCUT2D eigenvalue weighted by Gasteiger charge is -2.38. The minimum atomic E-state index is -1.56. The Balaban J connectivity index is 2.04. The van der Waals surface area contributed by atoms with Crippen molar-refractivity contribution in [2.45, 2.75) is 73.8 Å². The molecule has 1 heterocycles. The lowest BCUT2D eigenvalue weighted by molar-refractivity contribution is -0.148. The second-order valence-corrected chi connectivity index (χ2v) is 10.4. The van der Waals surface area contributed by atoms with Crippen LogP contribution in [0, 0.1) is 0 Å². The Morgan fingerprint density at radius 1 is 1.21 bits per heavy atom. The van der Waals surface area contributed by atoms with Gasteiger partial charge in [-0.1, -0.05) is 57.7 Å². The smallest absolute Gasteiger partial charge is 0.336 e. The maximum atomic E-state index is 11.0. The third-order valence-corrected chi connectivity index (χ3v) is 7.98. The number of carboxylic acids is 1. The standard InChI is InChI=1S/C26H36N2O4S2/c1-4-6-13-26(14-7-5-2)18-28(19-11-9-8-10-12-19)20-15-24(33-3)22(16-23(20)34-27-26)32-17-21(29)25(30)31/h8-12,15-16,21,27,29H,4-7,13-14,17-18H2,1-3H3,(H,30,31). The Morgan fingerprint density at radius 3 is 2.47 bits per heavy atom. The molecule has 186 valence electrons. The normalized spacial score (nSPS) is 15.9. The topological polar surface area (TPSA) is 82.0 Å². The third kappa shape index (κ3) is 6.62. The van der Waals surface area contributed by atoms with Crippen molar-refractivity contribution in [1.82, 2.24) is 4.72 Å². The van der Waals surface area contributed by atoms with Crippen molar-refractivity contribution < 1.29 is 19.7 Å². The Kier molecular flexibility index (Phi) is 10.0. The summed E-state index contributed by atoms with van der Waals surface area (Å²) in [5, 5.41) is 18.7. The van der Waals surface area contributed by atoms with E-state index in [1.807, 2.05) is 18.4 Å². The van der Waals surface area contributed by atoms with Gasteiger partial charge in [0.15, 0.2) is 6.10 Å². The number of nitrogens with zero attached hydrogens (tertiary/aromatic N) is 1. The monoisotopic (exact) mass is 504 g/mol. The number of para-hydroxylation sites is 1. The summed E-state index contributed by atoms with van der Waals surface area (Å²) in [6.45, 7) is 5.05. The first-order valence-electron chi connectivity index (χ1n) is 11.9. The number of ether oxygens (including phenoxy) is 1. The molecule has 2 aromatic rings. The number of fused-ring (bicyclic) bond motifs is 1. The van der Waals surface area contributed by atoms with Gasteiger partial charge in [-0.3, -0.25) is 4.72 Å². The molecule has 0 aliphatic carbocycles. The first kappa shape index (κ1) is 26.7. The van der Waals surface area contributed by atoms with E-state index in [-0.39, 0.29) is 12.1 Å². The first-order chi connectivity index (χ1) is 16.4. The number of nitrogens with one attached hydrogen (secondary N) is 1. The molecule has 0 aromatic heterocycles. The predicted octanol–water partition coefficient (Wildman–Crippen LogP) is 6.10. The Hall–Kier alpha value is -1.87. The van der Waals surface area contributed by atoms with E-state index < -0.39 is 12.1 Å². The fourth-order valence-corrected chi connectivity index (χ4v) is 5.76. The van der Waals surface area contributed by atoms with E-state index in [1.54, 1.807) is 23.7 Å². The first-order valence-corrected chi connectivity index (χ1v) is 14.0. The number of thioether (sulfide) groups is 1. The molecule has 1 aliphatic rings. The summed E-state index contributed by atoms with van der Waals surface area (Å²) in [5.41, 5.74) is 2.22. The van der Waals surface area contributed by atoms with Gasteiger partial charge in [0, 0.05) is 17.8 Å². The van der Waals surface area contributed by atoms with Gasteiger partial charge >= 0.3 is 5.97 Å². The molecule has 6 nitrogen and oxygen atoms in total. The molecule has 1 atom stereocenters. The van der Waals surface area contributed by atoms with Crippen molar-refractivity contribution in [2.24, 2.45) is 0 Å². The molecule has 0 bridgehead atoms. The highest BCUT2D eigenvalue weighted by Gasteiger charge is 2.36. The maximum absolute atomic E-state index is 11.0. The summed E-state index contributed by atoms with van der Waals surface area (Å²) in [7, 11) is 0. The molecule has 0 saturated heterocycles. The van der Waals surface area contributed by atoms with Gasteiger partial charge in [-0.2, -0.15) is 0 Å². The molecule has 3 N–H and O–H groups in total. The second-order valence-electron chi connectivity index (χ2n) is 8.75. The summed E-state index contributed by atoms with van der Waals surface area (Å²) >= 11 is 3.18. The molecule has 0 amide bonds. The number of aliphatic carboxylic acids is 1. The van der Waals surface area contributed by atoms with E-state index in [2.05, 4.69) is 53.8 Å². The summed E-state index contributed by atoms with van der Waals surface area (Å²) in [6.07, 6.45) is 7.23. The van der Waals surface area contributed by atoms with Gasteiger partial charge in [-0.15, -0.1) is 11.8 Å². The van der Waals surface area contributed by atoms with Crippen LogP contribution in [0.5, 0.6) is 5.75 Å². The Labute approximate surface area is 211 Å². The molecule has 0 fully saturated rings. The number of hydrogen-bond acceptors (Lipinski definition) is 7. The zero-order chi connectivity index (χ0) is 24.6. The van der Waals surface area contributed by atoms with Gasteiger partial charge in [-0.25, -0.2) is 4.79 Å². The van der Waals surface area contributed by atoms with Gasteiger partial charge in [-0.05, 0) is 55.3 Å². The predicted molar refractivity (Wildman–Crippen MR) is 142 cm³/mol. The highest BCUT2D eigenvalue weighted by Crippen LogP contribution is 2.45. The average Bonchev–Trinajstić information content (AvgIpc) is 3.01. The van der Waals surface area contributed by atoms with E-state index in [4.69, 9.17) is 9.84 Å². The van der Waals surface area contributed by atoms with Crippen LogP contribution in [-0.4, -0.2) is 47.2 Å². The molecule has 0 radical (unpaired) electrons. The third-order valence-electron chi connectivity index (χ3n) is 6.14. The van der Waals surface area contributed by atoms with Crippen molar-refractivity contribution in [2.75, 3.05) is 24.3 Å². The highest BCUT2D eigenvalue weighted by atomic mass is 32.2. The summed E-state index contributed by atoms with van der Waals surface area (Å²) < 4.78 is 9.61. The molecular weight excluding hydrogens is 468 g/mol. The van der Waals surface area contributed by atoms with Crippen LogP contribution >= 0.6 is 23.7 Å². The van der Waals surface area contributed by atoms with E-state index in [1.165, 1.54) is 0 Å². The molecule has 1 aliphatic heterocycles. The zero-order valence-electron chi connectivity index (χ0n) is 20.3. The van der Waals surface area contributed by atoms with Crippen molar-refractivity contribution in [1.29, 1.82) is 0 Å². The van der Waals surface area contributed by atoms with Gasteiger partial charge in [0.05, 0.1) is 15.5 Å². The maximum Gasteiger partial charge on any atom is 0.336 e. The van der Waals surface area contributed by atoms with Crippen LogP contribution in [0.4, 0.5) is 11.4 Å². The van der Waals surface area contributed by atoms with Crippen LogP contribution in [0.15, 0.2) is 52.3 Å². The molecule has 1 unspecified atom stereocenters. The number of rotatable bonds is 12. The van der Waals surface area contributed by atoms with E-state index >= 15 is 0 Å². The SMILES string of the molecule is CCCCC1(CCCC)CN(c2ccccc2)c2cc(SC)c(OCC(O)C(=O)O)cc2SN1. The van der Waals surface area contributed by atoms with Crippen molar-refractivity contribution >= 4 is 41.1 Å². The highest BCUT2D eigenvalue weighted by molar-refractivity contribution is 7.98. The summed E-state index contributed by atoms with van der Waals surface area (Å²) in [5.74, 6) is -0.702. The number of carbonyl (C=O) groups is 1. The fraction of sp³-hybridized carbons (Fsp3) is 0.500. The molecule has 0 spiro atoms. The molecule has 2 aromatic carbocycles. The lowest BCUT2D eigenvalue weighted by Crippen LogP contribution is -2.49. The van der Waals surface area contributed by atoms with E-state index in [9.17, 15) is 9.90 Å². The van der Waals surface area contributed by atoms with Crippen LogP contribution in [-0.2, 0) is 4.79 Å². The number of anilines is 2. The van der Waals surface area contributed by atoms with Crippen LogP contribution in [0.25, 0.3) is 0 Å². The lowest BCUT2D eigenvalue weighted by atomic mass is 9.87. The number of benzene rings is 2. The Morgan fingerprint density at radius 2 is 1.88 bits per heavy atom. The van der Waals surface area contributed by atoms with Gasteiger partial charge in [0.2, 0.25) is 0 Å². The van der Waals surface area contributed by atoms with Crippen molar-refractivity contribution in [3.8, 4) is 5.75 Å². The van der Waals surface area contributed by atoms with Crippen LogP contribution < -0.4 is 14.4 Å². The molecular formula is C26H36N2O4S2. The molecule has 8 heteroatoms. The second kappa shape index (κ2) is 12.7. The number of unbranched alkanes of at least 4 members (excludes halogenated alkanes) is 2. The number of aliphatic hydroxyl groups is 1. The largest absolute Gasteiger partial charge is 0.489 e. The minimum absolute atomic E-state index is 0.0361. The quantitative estimate of drug-likeness (QED) is 0.236.